The van der Waals surface area contributed by atoms with Crippen LogP contribution in [0.15, 0.2) is 66.7 Å². The van der Waals surface area contributed by atoms with E-state index in [-0.39, 0.29) is 5.91 Å². The van der Waals surface area contributed by atoms with Gasteiger partial charge in [0.2, 0.25) is 0 Å². The molecule has 4 rings (SSSR count). The van der Waals surface area contributed by atoms with Gasteiger partial charge in [-0.3, -0.25) is 19.7 Å². The van der Waals surface area contributed by atoms with Crippen molar-refractivity contribution in [3.63, 3.8) is 0 Å². The van der Waals surface area contributed by atoms with Crippen LogP contribution in [0.5, 0.6) is 11.5 Å². The molecule has 1 aliphatic rings. The number of rotatable bonds is 4. The van der Waals surface area contributed by atoms with Crippen molar-refractivity contribution in [1.82, 2.24) is 5.32 Å². The molecule has 0 saturated heterocycles. The van der Waals surface area contributed by atoms with Crippen LogP contribution in [-0.2, 0) is 0 Å². The first-order valence-corrected chi connectivity index (χ1v) is 8.65. The molecule has 3 aromatic rings. The minimum absolute atomic E-state index is 0.188. The van der Waals surface area contributed by atoms with Crippen molar-refractivity contribution in [3.8, 4) is 11.5 Å². The molecule has 3 amide bonds. The molecule has 28 heavy (non-hydrogen) atoms. The Morgan fingerprint density at radius 3 is 2.32 bits per heavy atom. The summed E-state index contributed by atoms with van der Waals surface area (Å²) in [6, 6.07) is 19.0. The second-order valence-corrected chi connectivity index (χ2v) is 6.44. The average Bonchev–Trinajstić information content (AvgIpc) is 2.97. The van der Waals surface area contributed by atoms with E-state index in [2.05, 4.69) is 10.6 Å². The van der Waals surface area contributed by atoms with Gasteiger partial charge in [-0.25, -0.2) is 0 Å². The molecule has 0 atom stereocenters. The number of benzene rings is 3. The maximum absolute atomic E-state index is 12.3. The molecule has 2 N–H and O–H groups in total. The number of fused-ring (bicyclic) bond motifs is 1. The van der Waals surface area contributed by atoms with Crippen LogP contribution in [0.3, 0.4) is 0 Å². The molecule has 1 aliphatic heterocycles. The van der Waals surface area contributed by atoms with E-state index in [0.717, 1.165) is 5.56 Å². The summed E-state index contributed by atoms with van der Waals surface area (Å²) in [6.07, 6.45) is 0. The Balaban J connectivity index is 1.45. The minimum atomic E-state index is -0.431. The Kier molecular flexibility index (Phi) is 4.37. The summed E-state index contributed by atoms with van der Waals surface area (Å²) in [7, 11) is 0. The Morgan fingerprint density at radius 1 is 0.857 bits per heavy atom. The standard InChI is InChI=1S/C22H16N2O4/c1-13-3-2-4-14(11-13)20(25)23-15-5-7-16(8-6-15)28-17-9-10-18-19(12-17)22(27)24-21(18)26/h2-12H,1H3,(H,23,25)(H,24,26,27). The highest BCUT2D eigenvalue weighted by Gasteiger charge is 2.26. The molecule has 0 bridgehead atoms. The van der Waals surface area contributed by atoms with E-state index in [4.69, 9.17) is 4.74 Å². The monoisotopic (exact) mass is 372 g/mol. The smallest absolute Gasteiger partial charge is 0.259 e. The summed E-state index contributed by atoms with van der Waals surface area (Å²) in [5.41, 5.74) is 2.88. The van der Waals surface area contributed by atoms with Gasteiger partial charge in [0.25, 0.3) is 17.7 Å². The summed E-state index contributed by atoms with van der Waals surface area (Å²) in [5.74, 6) is -0.0371. The van der Waals surface area contributed by atoms with Gasteiger partial charge in [0.05, 0.1) is 11.1 Å². The summed E-state index contributed by atoms with van der Waals surface area (Å²) < 4.78 is 5.74. The molecule has 1 heterocycles. The van der Waals surface area contributed by atoms with Crippen molar-refractivity contribution < 1.29 is 19.1 Å². The number of carbonyl (C=O) groups is 3. The lowest BCUT2D eigenvalue weighted by Gasteiger charge is -2.09. The SMILES string of the molecule is Cc1cccc(C(=O)Nc2ccc(Oc3ccc4c(c3)C(=O)NC4=O)cc2)c1. The lowest BCUT2D eigenvalue weighted by molar-refractivity contribution is 0.0878. The van der Waals surface area contributed by atoms with E-state index in [1.54, 1.807) is 42.5 Å². The summed E-state index contributed by atoms with van der Waals surface area (Å²) >= 11 is 0. The summed E-state index contributed by atoms with van der Waals surface area (Å²) in [6.45, 7) is 1.93. The first-order chi connectivity index (χ1) is 13.5. The molecule has 0 aliphatic carbocycles. The van der Waals surface area contributed by atoms with Crippen LogP contribution in [0.2, 0.25) is 0 Å². The van der Waals surface area contributed by atoms with Gasteiger partial charge in [-0.15, -0.1) is 0 Å². The van der Waals surface area contributed by atoms with E-state index in [9.17, 15) is 14.4 Å². The summed E-state index contributed by atoms with van der Waals surface area (Å²) in [4.78, 5) is 35.6. The minimum Gasteiger partial charge on any atom is -0.457 e. The van der Waals surface area contributed by atoms with E-state index in [0.29, 0.717) is 33.9 Å². The van der Waals surface area contributed by atoms with Crippen molar-refractivity contribution >= 4 is 23.4 Å². The van der Waals surface area contributed by atoms with Crippen molar-refractivity contribution in [3.05, 3.63) is 89.0 Å². The number of carbonyl (C=O) groups excluding carboxylic acids is 3. The molecule has 6 nitrogen and oxygen atoms in total. The van der Waals surface area contributed by atoms with Gasteiger partial charge in [-0.1, -0.05) is 17.7 Å². The predicted octanol–water partition coefficient (Wildman–Crippen LogP) is 3.92. The zero-order valence-corrected chi connectivity index (χ0v) is 15.0. The third kappa shape index (κ3) is 3.48. The van der Waals surface area contributed by atoms with E-state index in [1.807, 2.05) is 25.1 Å². The summed E-state index contributed by atoms with van der Waals surface area (Å²) in [5, 5.41) is 5.08. The number of anilines is 1. The van der Waals surface area contributed by atoms with Gasteiger partial charge in [0.1, 0.15) is 11.5 Å². The van der Waals surface area contributed by atoms with Crippen molar-refractivity contribution in [2.45, 2.75) is 6.92 Å². The number of hydrogen-bond acceptors (Lipinski definition) is 4. The molecule has 0 fully saturated rings. The highest BCUT2D eigenvalue weighted by Crippen LogP contribution is 2.27. The van der Waals surface area contributed by atoms with E-state index >= 15 is 0 Å². The molecule has 6 heteroatoms. The van der Waals surface area contributed by atoms with Crippen LogP contribution in [0.4, 0.5) is 5.69 Å². The number of aryl methyl sites for hydroxylation is 1. The van der Waals surface area contributed by atoms with Gasteiger partial charge in [0.15, 0.2) is 0 Å². The fourth-order valence-electron chi connectivity index (χ4n) is 2.94. The highest BCUT2D eigenvalue weighted by atomic mass is 16.5. The quantitative estimate of drug-likeness (QED) is 0.680. The van der Waals surface area contributed by atoms with Crippen molar-refractivity contribution in [1.29, 1.82) is 0 Å². The Hall–Kier alpha value is -3.93. The van der Waals surface area contributed by atoms with Crippen LogP contribution in [0, 0.1) is 6.92 Å². The Bertz CT molecular complexity index is 1100. The third-order valence-corrected chi connectivity index (χ3v) is 4.34. The topological polar surface area (TPSA) is 84.5 Å². The van der Waals surface area contributed by atoms with Crippen LogP contribution in [0.25, 0.3) is 0 Å². The zero-order valence-electron chi connectivity index (χ0n) is 15.0. The Labute approximate surface area is 161 Å². The second kappa shape index (κ2) is 7.00. The molecule has 0 radical (unpaired) electrons. The largest absolute Gasteiger partial charge is 0.457 e. The highest BCUT2D eigenvalue weighted by molar-refractivity contribution is 6.21. The molecular weight excluding hydrogens is 356 g/mol. The molecule has 0 saturated carbocycles. The predicted molar refractivity (Wildman–Crippen MR) is 104 cm³/mol. The van der Waals surface area contributed by atoms with Gasteiger partial charge >= 0.3 is 0 Å². The molecular formula is C22H16N2O4. The second-order valence-electron chi connectivity index (χ2n) is 6.44. The third-order valence-electron chi connectivity index (χ3n) is 4.34. The lowest BCUT2D eigenvalue weighted by atomic mass is 10.1. The van der Waals surface area contributed by atoms with Gasteiger partial charge in [-0.05, 0) is 61.5 Å². The number of imide groups is 1. The number of nitrogens with one attached hydrogen (secondary N) is 2. The first kappa shape index (κ1) is 17.5. The molecule has 3 aromatic carbocycles. The van der Waals surface area contributed by atoms with E-state index in [1.165, 1.54) is 6.07 Å². The fourth-order valence-corrected chi connectivity index (χ4v) is 2.94. The van der Waals surface area contributed by atoms with Crippen molar-refractivity contribution in [2.24, 2.45) is 0 Å². The molecule has 0 aromatic heterocycles. The first-order valence-electron chi connectivity index (χ1n) is 8.65. The number of hydrogen-bond donors (Lipinski definition) is 2. The maximum atomic E-state index is 12.3. The zero-order chi connectivity index (χ0) is 19.7. The van der Waals surface area contributed by atoms with Gasteiger partial charge in [-0.2, -0.15) is 0 Å². The number of amides is 3. The van der Waals surface area contributed by atoms with Gasteiger partial charge < -0.3 is 10.1 Å². The number of ether oxygens (including phenoxy) is 1. The fraction of sp³-hybridized carbons (Fsp3) is 0.0455. The molecule has 0 unspecified atom stereocenters. The lowest BCUT2D eigenvalue weighted by Crippen LogP contribution is -2.19. The van der Waals surface area contributed by atoms with Crippen LogP contribution >= 0.6 is 0 Å². The normalized spacial score (nSPS) is 12.3. The molecule has 138 valence electrons. The molecule has 0 spiro atoms. The Morgan fingerprint density at radius 2 is 1.57 bits per heavy atom. The van der Waals surface area contributed by atoms with Gasteiger partial charge in [0, 0.05) is 11.3 Å². The van der Waals surface area contributed by atoms with Crippen LogP contribution in [0.1, 0.15) is 36.6 Å². The van der Waals surface area contributed by atoms with Crippen molar-refractivity contribution in [2.75, 3.05) is 5.32 Å². The van der Waals surface area contributed by atoms with Crippen LogP contribution in [-0.4, -0.2) is 17.7 Å². The van der Waals surface area contributed by atoms with Crippen LogP contribution < -0.4 is 15.4 Å². The average molecular weight is 372 g/mol. The van der Waals surface area contributed by atoms with E-state index < -0.39 is 11.8 Å². The maximum Gasteiger partial charge on any atom is 0.259 e.